The standard InChI is InChI=1S/C22H32N2O6/c1-21(2,3)30-20(28)23-13-15(25)12-16(23)18-17(11-14-9-7-6-8-10-14)24(19(26)27)22(4,5)29-18/h6-10,15-18,25H,11-13H2,1-5H3,(H,26,27)/t15-,16-,17?,18?/m1/s1. The molecule has 2 saturated heterocycles. The molecule has 2 N–H and O–H groups in total. The van der Waals surface area contributed by atoms with Gasteiger partial charge in [0.15, 0.2) is 0 Å². The molecule has 0 spiro atoms. The SMILES string of the molecule is CC(C)(C)OC(=O)N1C[C@H](O)C[C@@H]1C1OC(C)(C)N(C(=O)O)C1Cc1ccccc1. The molecule has 3 rings (SSSR count). The molecule has 30 heavy (non-hydrogen) atoms. The summed E-state index contributed by atoms with van der Waals surface area (Å²) < 4.78 is 11.8. The first-order chi connectivity index (χ1) is 13.9. The van der Waals surface area contributed by atoms with Crippen molar-refractivity contribution >= 4 is 12.2 Å². The van der Waals surface area contributed by atoms with E-state index >= 15 is 0 Å². The number of hydrogen-bond donors (Lipinski definition) is 2. The average Bonchev–Trinajstić information content (AvgIpc) is 3.11. The summed E-state index contributed by atoms with van der Waals surface area (Å²) in [6, 6.07) is 8.59. The quantitative estimate of drug-likeness (QED) is 0.780. The van der Waals surface area contributed by atoms with E-state index < -0.39 is 47.8 Å². The van der Waals surface area contributed by atoms with Gasteiger partial charge in [0, 0.05) is 0 Å². The summed E-state index contributed by atoms with van der Waals surface area (Å²) in [5.41, 5.74) is -0.771. The summed E-state index contributed by atoms with van der Waals surface area (Å²) in [5, 5.41) is 20.3. The maximum atomic E-state index is 12.8. The molecule has 0 radical (unpaired) electrons. The maximum Gasteiger partial charge on any atom is 0.410 e. The number of carbonyl (C=O) groups is 2. The molecule has 1 aromatic carbocycles. The number of nitrogens with zero attached hydrogens (tertiary/aromatic N) is 2. The highest BCUT2D eigenvalue weighted by molar-refractivity contribution is 5.70. The van der Waals surface area contributed by atoms with E-state index in [-0.39, 0.29) is 6.54 Å². The van der Waals surface area contributed by atoms with Crippen LogP contribution in [0, 0.1) is 0 Å². The average molecular weight is 421 g/mol. The maximum absolute atomic E-state index is 12.8. The van der Waals surface area contributed by atoms with Crippen LogP contribution >= 0.6 is 0 Å². The molecule has 2 heterocycles. The lowest BCUT2D eigenvalue weighted by Gasteiger charge is -2.33. The topological polar surface area (TPSA) is 99.5 Å². The molecule has 2 aliphatic heterocycles. The zero-order valence-corrected chi connectivity index (χ0v) is 18.2. The molecule has 1 aromatic rings. The zero-order valence-electron chi connectivity index (χ0n) is 18.2. The lowest BCUT2D eigenvalue weighted by Crippen LogP contribution is -2.52. The molecule has 2 unspecified atom stereocenters. The van der Waals surface area contributed by atoms with Crippen LogP contribution in [0.2, 0.25) is 0 Å². The number of likely N-dealkylation sites (tertiary alicyclic amines) is 1. The zero-order chi connectivity index (χ0) is 22.3. The van der Waals surface area contributed by atoms with Crippen LogP contribution in [0.5, 0.6) is 0 Å². The second kappa shape index (κ2) is 8.07. The van der Waals surface area contributed by atoms with Crippen molar-refractivity contribution < 1.29 is 29.3 Å². The summed E-state index contributed by atoms with van der Waals surface area (Å²) >= 11 is 0. The van der Waals surface area contributed by atoms with Crippen molar-refractivity contribution in [3.8, 4) is 0 Å². The van der Waals surface area contributed by atoms with Gasteiger partial charge in [0.05, 0.1) is 24.7 Å². The van der Waals surface area contributed by atoms with E-state index in [4.69, 9.17) is 9.47 Å². The Morgan fingerprint density at radius 2 is 1.87 bits per heavy atom. The van der Waals surface area contributed by atoms with Crippen molar-refractivity contribution in [2.45, 2.75) is 83.1 Å². The highest BCUT2D eigenvalue weighted by Gasteiger charge is 2.55. The summed E-state index contributed by atoms with van der Waals surface area (Å²) in [7, 11) is 0. The first-order valence-corrected chi connectivity index (χ1v) is 10.3. The molecule has 2 fully saturated rings. The molecule has 0 aromatic heterocycles. The van der Waals surface area contributed by atoms with Gasteiger partial charge >= 0.3 is 12.2 Å². The number of β-amino-alcohol motifs (C(OH)–C–C–N with tert-alkyl or cyclic N) is 1. The predicted octanol–water partition coefficient (Wildman–Crippen LogP) is 3.08. The Bertz CT molecular complexity index is 776. The van der Waals surface area contributed by atoms with Gasteiger partial charge in [-0.1, -0.05) is 30.3 Å². The van der Waals surface area contributed by atoms with Gasteiger partial charge in [-0.15, -0.1) is 0 Å². The van der Waals surface area contributed by atoms with Gasteiger partial charge in [0.2, 0.25) is 0 Å². The third-order valence-corrected chi connectivity index (χ3v) is 5.54. The van der Waals surface area contributed by atoms with Crippen LogP contribution in [-0.2, 0) is 15.9 Å². The lowest BCUT2D eigenvalue weighted by molar-refractivity contribution is -0.0839. The first kappa shape index (κ1) is 22.4. The third-order valence-electron chi connectivity index (χ3n) is 5.54. The Kier molecular flexibility index (Phi) is 6.02. The van der Waals surface area contributed by atoms with E-state index in [0.717, 1.165) is 5.56 Å². The molecule has 2 aliphatic rings. The third kappa shape index (κ3) is 4.70. The molecule has 8 nitrogen and oxygen atoms in total. The van der Waals surface area contributed by atoms with Gasteiger partial charge in [0.1, 0.15) is 17.4 Å². The minimum absolute atomic E-state index is 0.130. The van der Waals surface area contributed by atoms with Gasteiger partial charge in [-0.05, 0) is 53.0 Å². The van der Waals surface area contributed by atoms with E-state index in [1.54, 1.807) is 34.6 Å². The molecule has 0 saturated carbocycles. The molecule has 2 amide bonds. The van der Waals surface area contributed by atoms with Crippen LogP contribution in [0.4, 0.5) is 9.59 Å². The van der Waals surface area contributed by atoms with E-state index in [1.165, 1.54) is 9.80 Å². The Labute approximate surface area is 177 Å². The molecule has 0 aliphatic carbocycles. The van der Waals surface area contributed by atoms with Gasteiger partial charge in [-0.2, -0.15) is 0 Å². The van der Waals surface area contributed by atoms with Crippen molar-refractivity contribution in [1.82, 2.24) is 9.80 Å². The number of aliphatic hydroxyl groups is 1. The van der Waals surface area contributed by atoms with Crippen molar-refractivity contribution in [2.24, 2.45) is 0 Å². The molecule has 8 heteroatoms. The monoisotopic (exact) mass is 420 g/mol. The number of amides is 2. The van der Waals surface area contributed by atoms with Crippen LogP contribution in [0.25, 0.3) is 0 Å². The molecule has 4 atom stereocenters. The van der Waals surface area contributed by atoms with Crippen molar-refractivity contribution in [2.75, 3.05) is 6.54 Å². The van der Waals surface area contributed by atoms with E-state index in [9.17, 15) is 19.8 Å². The first-order valence-electron chi connectivity index (χ1n) is 10.3. The van der Waals surface area contributed by atoms with E-state index in [0.29, 0.717) is 12.8 Å². The molecule has 0 bridgehead atoms. The van der Waals surface area contributed by atoms with Crippen LogP contribution in [0.1, 0.15) is 46.6 Å². The van der Waals surface area contributed by atoms with E-state index in [1.807, 2.05) is 30.3 Å². The summed E-state index contributed by atoms with van der Waals surface area (Å²) in [6.07, 6.45) is -2.18. The second-order valence-corrected chi connectivity index (χ2v) is 9.53. The van der Waals surface area contributed by atoms with E-state index in [2.05, 4.69) is 0 Å². The van der Waals surface area contributed by atoms with Crippen LogP contribution in [-0.4, -0.2) is 74.4 Å². The molecular weight excluding hydrogens is 388 g/mol. The Hall–Kier alpha value is -2.32. The molecular formula is C22H32N2O6. The normalized spacial score (nSPS) is 28.6. The largest absolute Gasteiger partial charge is 0.465 e. The minimum atomic E-state index is -1.08. The van der Waals surface area contributed by atoms with Crippen LogP contribution < -0.4 is 0 Å². The Morgan fingerprint density at radius 3 is 2.43 bits per heavy atom. The number of carbonyl (C=O) groups excluding carboxylic acids is 1. The minimum Gasteiger partial charge on any atom is -0.465 e. The highest BCUT2D eigenvalue weighted by atomic mass is 16.6. The van der Waals surface area contributed by atoms with Crippen molar-refractivity contribution in [3.05, 3.63) is 35.9 Å². The number of aliphatic hydroxyl groups excluding tert-OH is 1. The number of benzene rings is 1. The van der Waals surface area contributed by atoms with Crippen molar-refractivity contribution in [1.29, 1.82) is 0 Å². The Morgan fingerprint density at radius 1 is 1.23 bits per heavy atom. The van der Waals surface area contributed by atoms with Crippen LogP contribution in [0.3, 0.4) is 0 Å². The fourth-order valence-electron chi connectivity index (χ4n) is 4.47. The smallest absolute Gasteiger partial charge is 0.410 e. The van der Waals surface area contributed by atoms with Gasteiger partial charge < -0.3 is 19.7 Å². The van der Waals surface area contributed by atoms with Gasteiger partial charge in [0.25, 0.3) is 0 Å². The Balaban J connectivity index is 1.93. The van der Waals surface area contributed by atoms with Crippen molar-refractivity contribution in [3.63, 3.8) is 0 Å². The summed E-state index contributed by atoms with van der Waals surface area (Å²) in [6.45, 7) is 8.90. The van der Waals surface area contributed by atoms with Crippen LogP contribution in [0.15, 0.2) is 30.3 Å². The lowest BCUT2D eigenvalue weighted by atomic mass is 9.94. The number of carboxylic acid groups (broad SMARTS) is 1. The summed E-state index contributed by atoms with van der Waals surface area (Å²) in [5.74, 6) is 0. The fraction of sp³-hybridized carbons (Fsp3) is 0.636. The highest BCUT2D eigenvalue weighted by Crippen LogP contribution is 2.39. The second-order valence-electron chi connectivity index (χ2n) is 9.53. The fourth-order valence-corrected chi connectivity index (χ4v) is 4.47. The number of rotatable bonds is 3. The summed E-state index contributed by atoms with van der Waals surface area (Å²) in [4.78, 5) is 27.8. The predicted molar refractivity (Wildman–Crippen MR) is 110 cm³/mol. The number of ether oxygens (including phenoxy) is 2. The number of hydrogen-bond acceptors (Lipinski definition) is 5. The molecule has 166 valence electrons. The van der Waals surface area contributed by atoms with Gasteiger partial charge in [-0.25, -0.2) is 9.59 Å². The van der Waals surface area contributed by atoms with Gasteiger partial charge in [-0.3, -0.25) is 9.80 Å².